The van der Waals surface area contributed by atoms with E-state index < -0.39 is 0 Å². The Labute approximate surface area is 237 Å². The van der Waals surface area contributed by atoms with Crippen molar-refractivity contribution in [2.45, 2.75) is 6.92 Å². The first-order chi connectivity index (χ1) is 19.3. The lowest BCUT2D eigenvalue weighted by Gasteiger charge is -2.18. The predicted molar refractivity (Wildman–Crippen MR) is 171 cm³/mol. The van der Waals surface area contributed by atoms with Gasteiger partial charge in [0.05, 0.1) is 17.6 Å². The van der Waals surface area contributed by atoms with Crippen molar-refractivity contribution in [2.75, 3.05) is 10.7 Å². The maximum absolute atomic E-state index is 5.03. The molecule has 0 N–H and O–H groups in total. The van der Waals surface area contributed by atoms with Crippen molar-refractivity contribution >= 4 is 68.0 Å². The molecule has 0 aliphatic carbocycles. The molecule has 1 saturated heterocycles. The third kappa shape index (κ3) is 7.19. The average molecular weight is 547 g/mol. The second-order valence-corrected chi connectivity index (χ2v) is 10.3. The monoisotopic (exact) mass is 546 g/mol. The van der Waals surface area contributed by atoms with Crippen LogP contribution >= 0.6 is 23.5 Å². The summed E-state index contributed by atoms with van der Waals surface area (Å²) in [5.41, 5.74) is 3.59. The van der Waals surface area contributed by atoms with Gasteiger partial charge >= 0.3 is 0 Å². The van der Waals surface area contributed by atoms with Gasteiger partial charge in [-0.1, -0.05) is 104 Å². The number of thioether (sulfide) groups is 2. The maximum Gasteiger partial charge on any atom is 0.211 e. The summed E-state index contributed by atoms with van der Waals surface area (Å²) in [5, 5.41) is 10.8. The zero-order valence-electron chi connectivity index (χ0n) is 21.3. The standard InChI is InChI=1S/C31H26N6S2/c1-2-38-30(36-32-23-24-15-7-3-8-16-24)35-31-37(27-21-13-6-14-22-27)28(33-25-17-9-4-10-18-25)29(39-31)34-26-19-11-5-12-20-26/h3-23H,2H2,1H3/b32-23+,33-28?,34-29?,35-31-,36-30-. The number of amidine groups is 3. The van der Waals surface area contributed by atoms with Crippen LogP contribution in [0.25, 0.3) is 0 Å². The van der Waals surface area contributed by atoms with Gasteiger partial charge in [0, 0.05) is 5.69 Å². The summed E-state index contributed by atoms with van der Waals surface area (Å²) in [6.07, 6.45) is 1.73. The highest BCUT2D eigenvalue weighted by atomic mass is 32.2. The van der Waals surface area contributed by atoms with Gasteiger partial charge in [0.15, 0.2) is 11.0 Å². The van der Waals surface area contributed by atoms with Crippen molar-refractivity contribution in [1.29, 1.82) is 0 Å². The molecule has 5 rings (SSSR count). The molecule has 1 heterocycles. The highest BCUT2D eigenvalue weighted by Gasteiger charge is 2.35. The second-order valence-electron chi connectivity index (χ2n) is 8.16. The first kappa shape index (κ1) is 26.3. The highest BCUT2D eigenvalue weighted by Crippen LogP contribution is 2.33. The molecule has 8 heteroatoms. The van der Waals surface area contributed by atoms with Crippen molar-refractivity contribution in [3.63, 3.8) is 0 Å². The van der Waals surface area contributed by atoms with Crippen LogP contribution in [-0.4, -0.2) is 33.2 Å². The van der Waals surface area contributed by atoms with Crippen LogP contribution in [0.15, 0.2) is 147 Å². The normalized spacial score (nSPS) is 17.1. The molecule has 0 saturated carbocycles. The Bertz CT molecular complexity index is 1520. The van der Waals surface area contributed by atoms with Crippen LogP contribution in [0.5, 0.6) is 0 Å². The topological polar surface area (TPSA) is 65.0 Å². The van der Waals surface area contributed by atoms with Gasteiger partial charge in [-0.05, 0) is 59.5 Å². The molecule has 0 radical (unpaired) electrons. The largest absolute Gasteiger partial charge is 0.271 e. The molecule has 4 aromatic rings. The average Bonchev–Trinajstić information content (AvgIpc) is 3.30. The minimum Gasteiger partial charge on any atom is -0.271 e. The summed E-state index contributed by atoms with van der Waals surface area (Å²) in [4.78, 5) is 17.0. The Balaban J connectivity index is 1.61. The van der Waals surface area contributed by atoms with E-state index in [2.05, 4.69) is 17.1 Å². The number of hydrogen-bond donors (Lipinski definition) is 0. The Morgan fingerprint density at radius 1 is 0.744 bits per heavy atom. The van der Waals surface area contributed by atoms with Crippen LogP contribution in [0.3, 0.4) is 0 Å². The van der Waals surface area contributed by atoms with Gasteiger partial charge in [-0.3, -0.25) is 4.90 Å². The Morgan fingerprint density at radius 2 is 1.31 bits per heavy atom. The second kappa shape index (κ2) is 13.5. The third-order valence-electron chi connectivity index (χ3n) is 5.39. The van der Waals surface area contributed by atoms with E-state index in [0.29, 0.717) is 16.2 Å². The van der Waals surface area contributed by atoms with E-state index in [1.165, 1.54) is 23.5 Å². The molecule has 6 nitrogen and oxygen atoms in total. The quantitative estimate of drug-likeness (QED) is 0.139. The van der Waals surface area contributed by atoms with E-state index >= 15 is 0 Å². The first-order valence-corrected chi connectivity index (χ1v) is 14.3. The van der Waals surface area contributed by atoms with Gasteiger partial charge in [0.1, 0.15) is 5.04 Å². The van der Waals surface area contributed by atoms with E-state index in [4.69, 9.17) is 15.0 Å². The van der Waals surface area contributed by atoms with Gasteiger partial charge in [0.2, 0.25) is 5.17 Å². The molecule has 0 atom stereocenters. The molecule has 1 fully saturated rings. The van der Waals surface area contributed by atoms with Gasteiger partial charge in [-0.2, -0.15) is 10.1 Å². The van der Waals surface area contributed by atoms with Gasteiger partial charge in [0.25, 0.3) is 0 Å². The maximum atomic E-state index is 5.03. The molecule has 0 spiro atoms. The number of rotatable bonds is 6. The summed E-state index contributed by atoms with van der Waals surface area (Å²) in [6, 6.07) is 39.8. The third-order valence-corrected chi connectivity index (χ3v) is 7.03. The Kier molecular flexibility index (Phi) is 9.12. The van der Waals surface area contributed by atoms with Crippen molar-refractivity contribution in [3.05, 3.63) is 127 Å². The van der Waals surface area contributed by atoms with Crippen LogP contribution in [0.2, 0.25) is 0 Å². The Morgan fingerprint density at radius 3 is 1.92 bits per heavy atom. The molecule has 39 heavy (non-hydrogen) atoms. The van der Waals surface area contributed by atoms with Crippen LogP contribution in [0, 0.1) is 0 Å². The predicted octanol–water partition coefficient (Wildman–Crippen LogP) is 8.20. The molecular formula is C31H26N6S2. The molecule has 4 aromatic carbocycles. The molecule has 192 valence electrons. The molecule has 1 aliphatic heterocycles. The Hall–Kier alpha value is -4.27. The van der Waals surface area contributed by atoms with E-state index in [-0.39, 0.29) is 0 Å². The lowest BCUT2D eigenvalue weighted by atomic mass is 10.2. The van der Waals surface area contributed by atoms with Gasteiger partial charge < -0.3 is 0 Å². The number of hydrogen-bond acceptors (Lipinski definition) is 6. The summed E-state index contributed by atoms with van der Waals surface area (Å²) in [7, 11) is 0. The van der Waals surface area contributed by atoms with Crippen molar-refractivity contribution < 1.29 is 0 Å². The SMILES string of the molecule is CCSC(=N\N=C\c1ccccc1)/N=C1\SC(=Nc2ccccc2)C(=Nc2ccccc2)N1c1ccccc1. The van der Waals surface area contributed by atoms with Crippen LogP contribution in [-0.2, 0) is 0 Å². The van der Waals surface area contributed by atoms with Crippen molar-refractivity contribution in [1.82, 2.24) is 0 Å². The lowest BCUT2D eigenvalue weighted by molar-refractivity contribution is 1.25. The molecule has 1 aliphatic rings. The van der Waals surface area contributed by atoms with Crippen molar-refractivity contribution in [2.24, 2.45) is 25.2 Å². The number of para-hydroxylation sites is 3. The number of aliphatic imine (C=N–C) groups is 3. The summed E-state index contributed by atoms with van der Waals surface area (Å²) < 4.78 is 0. The number of benzene rings is 4. The smallest absolute Gasteiger partial charge is 0.211 e. The molecular weight excluding hydrogens is 521 g/mol. The van der Waals surface area contributed by atoms with Crippen LogP contribution in [0.4, 0.5) is 17.1 Å². The zero-order chi connectivity index (χ0) is 26.7. The highest BCUT2D eigenvalue weighted by molar-refractivity contribution is 8.29. The summed E-state index contributed by atoms with van der Waals surface area (Å²) in [5.74, 6) is 1.51. The fourth-order valence-corrected chi connectivity index (χ4v) is 5.18. The van der Waals surface area contributed by atoms with Crippen molar-refractivity contribution in [3.8, 4) is 0 Å². The number of anilines is 1. The van der Waals surface area contributed by atoms with E-state index in [0.717, 1.165) is 33.4 Å². The minimum absolute atomic E-state index is 0.563. The minimum atomic E-state index is 0.563. The van der Waals surface area contributed by atoms with Gasteiger partial charge in [-0.15, -0.1) is 5.10 Å². The number of nitrogens with zero attached hydrogens (tertiary/aromatic N) is 6. The van der Waals surface area contributed by atoms with Crippen LogP contribution in [0.1, 0.15) is 12.5 Å². The molecule has 0 bridgehead atoms. The summed E-state index contributed by atoms with van der Waals surface area (Å²) >= 11 is 3.00. The first-order valence-electron chi connectivity index (χ1n) is 12.5. The fraction of sp³-hybridized carbons (Fsp3) is 0.0645. The molecule has 0 aromatic heterocycles. The van der Waals surface area contributed by atoms with E-state index in [1.54, 1.807) is 6.21 Å². The molecule has 0 unspecified atom stereocenters. The van der Waals surface area contributed by atoms with Crippen LogP contribution < -0.4 is 4.90 Å². The molecule has 0 amide bonds. The zero-order valence-corrected chi connectivity index (χ0v) is 23.0. The fourth-order valence-electron chi connectivity index (χ4n) is 3.64. The summed E-state index contributed by atoms with van der Waals surface area (Å²) in [6.45, 7) is 2.07. The van der Waals surface area contributed by atoms with E-state index in [1.807, 2.05) is 126 Å². The van der Waals surface area contributed by atoms with E-state index in [9.17, 15) is 0 Å². The van der Waals surface area contributed by atoms with Gasteiger partial charge in [-0.25, -0.2) is 9.98 Å². The lowest BCUT2D eigenvalue weighted by Crippen LogP contribution is -2.31.